The summed E-state index contributed by atoms with van der Waals surface area (Å²) in [4.78, 5) is 12.2. The topological polar surface area (TPSA) is 17.1 Å². The molecule has 0 aliphatic rings. The maximum atomic E-state index is 12.2. The number of carbonyl (C=O) groups is 1. The molecule has 2 rings (SSSR count). The first-order valence-corrected chi connectivity index (χ1v) is 6.77. The van der Waals surface area contributed by atoms with Crippen molar-refractivity contribution in [2.75, 3.05) is 0 Å². The molecule has 0 radical (unpaired) electrons. The minimum absolute atomic E-state index is 0.0856. The Morgan fingerprint density at radius 3 is 2.44 bits per heavy atom. The van der Waals surface area contributed by atoms with E-state index >= 15 is 0 Å². The van der Waals surface area contributed by atoms with Gasteiger partial charge in [0, 0.05) is 21.5 Å². The quantitative estimate of drug-likeness (QED) is 0.739. The molecule has 0 heterocycles. The average molecular weight is 324 g/mol. The van der Waals surface area contributed by atoms with Crippen LogP contribution in [0, 0.1) is 6.92 Å². The molecule has 0 saturated carbocycles. The lowest BCUT2D eigenvalue weighted by molar-refractivity contribution is 0.0992. The molecule has 18 heavy (non-hydrogen) atoms. The Kier molecular flexibility index (Phi) is 4.20. The van der Waals surface area contributed by atoms with Gasteiger partial charge in [-0.05, 0) is 46.6 Å². The van der Waals surface area contributed by atoms with Gasteiger partial charge in [-0.25, -0.2) is 0 Å². The zero-order chi connectivity index (χ0) is 13.1. The molecule has 0 N–H and O–H groups in total. The van der Waals surface area contributed by atoms with Crippen molar-refractivity contribution in [2.24, 2.45) is 0 Å². The van der Waals surface area contributed by atoms with Gasteiger partial charge in [0.2, 0.25) is 0 Å². The van der Waals surface area contributed by atoms with E-state index in [1.54, 1.807) is 18.2 Å². The third-order valence-corrected chi connectivity index (χ3v) is 3.61. The third kappa shape index (κ3) is 3.21. The molecule has 0 saturated heterocycles. The summed E-state index contributed by atoms with van der Waals surface area (Å²) in [5.74, 6) is 0.0856. The second kappa shape index (κ2) is 5.68. The Bertz CT molecular complexity index is 576. The molecular formula is C15H12BrClO. The molecule has 0 amide bonds. The standard InChI is InChI=1S/C15H12BrClO/c1-10-2-4-11(5-3-10)8-15(18)13-7-6-12(17)9-14(13)16/h2-7,9H,8H2,1H3. The Morgan fingerprint density at radius 2 is 1.83 bits per heavy atom. The van der Waals surface area contributed by atoms with Crippen LogP contribution in [0.4, 0.5) is 0 Å². The van der Waals surface area contributed by atoms with Crippen LogP contribution in [0.5, 0.6) is 0 Å². The molecule has 2 aromatic rings. The number of hydrogen-bond donors (Lipinski definition) is 0. The lowest BCUT2D eigenvalue weighted by Crippen LogP contribution is -2.04. The van der Waals surface area contributed by atoms with Crippen molar-refractivity contribution in [3.8, 4) is 0 Å². The summed E-state index contributed by atoms with van der Waals surface area (Å²) in [5.41, 5.74) is 2.88. The summed E-state index contributed by atoms with van der Waals surface area (Å²) in [6.45, 7) is 2.03. The normalized spacial score (nSPS) is 10.4. The molecule has 0 bridgehead atoms. The zero-order valence-electron chi connectivity index (χ0n) is 9.91. The van der Waals surface area contributed by atoms with Gasteiger partial charge in [0.1, 0.15) is 0 Å². The van der Waals surface area contributed by atoms with Crippen molar-refractivity contribution >= 4 is 33.3 Å². The van der Waals surface area contributed by atoms with E-state index in [0.29, 0.717) is 17.0 Å². The highest BCUT2D eigenvalue weighted by Gasteiger charge is 2.11. The summed E-state index contributed by atoms with van der Waals surface area (Å²) in [6.07, 6.45) is 0.403. The van der Waals surface area contributed by atoms with Gasteiger partial charge >= 0.3 is 0 Å². The first kappa shape index (κ1) is 13.3. The highest BCUT2D eigenvalue weighted by Crippen LogP contribution is 2.23. The van der Waals surface area contributed by atoms with Crippen LogP contribution >= 0.6 is 27.5 Å². The first-order valence-electron chi connectivity index (χ1n) is 5.60. The summed E-state index contributed by atoms with van der Waals surface area (Å²) in [6, 6.07) is 13.2. The molecule has 0 spiro atoms. The van der Waals surface area contributed by atoms with E-state index in [4.69, 9.17) is 11.6 Å². The number of Topliss-reactive ketones (excluding diaryl/α,β-unsaturated/α-hetero) is 1. The van der Waals surface area contributed by atoms with Gasteiger partial charge in [-0.2, -0.15) is 0 Å². The van der Waals surface area contributed by atoms with Crippen LogP contribution in [0.15, 0.2) is 46.9 Å². The van der Waals surface area contributed by atoms with Crippen LogP contribution in [0.25, 0.3) is 0 Å². The molecular weight excluding hydrogens is 312 g/mol. The lowest BCUT2D eigenvalue weighted by atomic mass is 10.0. The van der Waals surface area contributed by atoms with Crippen molar-refractivity contribution in [3.63, 3.8) is 0 Å². The largest absolute Gasteiger partial charge is 0.294 e. The summed E-state index contributed by atoms with van der Waals surface area (Å²) in [7, 11) is 0. The Hall–Kier alpha value is -1.12. The molecule has 0 aromatic heterocycles. The second-order valence-corrected chi connectivity index (χ2v) is 5.50. The maximum Gasteiger partial charge on any atom is 0.168 e. The van der Waals surface area contributed by atoms with Gasteiger partial charge in [-0.3, -0.25) is 4.79 Å². The number of halogens is 2. The summed E-state index contributed by atoms with van der Waals surface area (Å²) in [5, 5.41) is 0.619. The van der Waals surface area contributed by atoms with E-state index in [9.17, 15) is 4.79 Å². The molecule has 0 aliphatic heterocycles. The van der Waals surface area contributed by atoms with Crippen molar-refractivity contribution in [2.45, 2.75) is 13.3 Å². The van der Waals surface area contributed by atoms with E-state index in [2.05, 4.69) is 15.9 Å². The average Bonchev–Trinajstić information content (AvgIpc) is 2.32. The fourth-order valence-electron chi connectivity index (χ4n) is 1.70. The fraction of sp³-hybridized carbons (Fsp3) is 0.133. The number of carbonyl (C=O) groups excluding carboxylic acids is 1. The number of aryl methyl sites for hydroxylation is 1. The number of hydrogen-bond acceptors (Lipinski definition) is 1. The minimum atomic E-state index is 0.0856. The molecule has 1 nitrogen and oxygen atoms in total. The fourth-order valence-corrected chi connectivity index (χ4v) is 2.61. The molecule has 92 valence electrons. The number of benzene rings is 2. The van der Waals surface area contributed by atoms with E-state index < -0.39 is 0 Å². The zero-order valence-corrected chi connectivity index (χ0v) is 12.3. The van der Waals surface area contributed by atoms with E-state index in [1.165, 1.54) is 5.56 Å². The van der Waals surface area contributed by atoms with Gasteiger partial charge < -0.3 is 0 Å². The molecule has 0 aliphatic carbocycles. The summed E-state index contributed by atoms with van der Waals surface area (Å²) < 4.78 is 0.743. The molecule has 3 heteroatoms. The van der Waals surface area contributed by atoms with Gasteiger partial charge in [0.15, 0.2) is 5.78 Å². The minimum Gasteiger partial charge on any atom is -0.294 e. The van der Waals surface area contributed by atoms with Gasteiger partial charge in [-0.1, -0.05) is 41.4 Å². The van der Waals surface area contributed by atoms with E-state index in [0.717, 1.165) is 10.0 Å². The lowest BCUT2D eigenvalue weighted by Gasteiger charge is -2.05. The van der Waals surface area contributed by atoms with Crippen LogP contribution in [0.2, 0.25) is 5.02 Å². The van der Waals surface area contributed by atoms with Crippen LogP contribution in [-0.4, -0.2) is 5.78 Å². The Balaban J connectivity index is 2.19. The van der Waals surface area contributed by atoms with Crippen molar-refractivity contribution in [1.29, 1.82) is 0 Å². The molecule has 2 aromatic carbocycles. The van der Waals surface area contributed by atoms with Crippen LogP contribution in [-0.2, 0) is 6.42 Å². The van der Waals surface area contributed by atoms with Gasteiger partial charge in [-0.15, -0.1) is 0 Å². The molecule has 0 fully saturated rings. The predicted octanol–water partition coefficient (Wildman–Crippen LogP) is 4.84. The van der Waals surface area contributed by atoms with Crippen LogP contribution in [0.3, 0.4) is 0 Å². The van der Waals surface area contributed by atoms with E-state index in [-0.39, 0.29) is 5.78 Å². The van der Waals surface area contributed by atoms with Gasteiger partial charge in [0.05, 0.1) is 0 Å². The maximum absolute atomic E-state index is 12.2. The Labute approximate surface area is 120 Å². The Morgan fingerprint density at radius 1 is 1.17 bits per heavy atom. The highest BCUT2D eigenvalue weighted by molar-refractivity contribution is 9.10. The monoisotopic (exact) mass is 322 g/mol. The van der Waals surface area contributed by atoms with Crippen molar-refractivity contribution in [1.82, 2.24) is 0 Å². The molecule has 0 atom stereocenters. The predicted molar refractivity (Wildman–Crippen MR) is 78.4 cm³/mol. The first-order chi connectivity index (χ1) is 8.56. The van der Waals surface area contributed by atoms with Crippen molar-refractivity contribution < 1.29 is 4.79 Å². The second-order valence-electron chi connectivity index (χ2n) is 4.21. The SMILES string of the molecule is Cc1ccc(CC(=O)c2ccc(Cl)cc2Br)cc1. The highest BCUT2D eigenvalue weighted by atomic mass is 79.9. The van der Waals surface area contributed by atoms with Crippen LogP contribution < -0.4 is 0 Å². The number of ketones is 1. The van der Waals surface area contributed by atoms with Gasteiger partial charge in [0.25, 0.3) is 0 Å². The molecule has 0 unspecified atom stereocenters. The third-order valence-electron chi connectivity index (χ3n) is 2.72. The van der Waals surface area contributed by atoms with E-state index in [1.807, 2.05) is 31.2 Å². The summed E-state index contributed by atoms with van der Waals surface area (Å²) >= 11 is 9.23. The van der Waals surface area contributed by atoms with Crippen molar-refractivity contribution in [3.05, 3.63) is 68.7 Å². The smallest absolute Gasteiger partial charge is 0.168 e. The van der Waals surface area contributed by atoms with Crippen LogP contribution in [0.1, 0.15) is 21.5 Å². The number of rotatable bonds is 3.